The van der Waals surface area contributed by atoms with E-state index in [1.54, 1.807) is 18.2 Å². The molecule has 0 radical (unpaired) electrons. The number of benzene rings is 2. The van der Waals surface area contributed by atoms with Gasteiger partial charge in [0.05, 0.1) is 23.2 Å². The third-order valence-corrected chi connectivity index (χ3v) is 5.00. The van der Waals surface area contributed by atoms with Crippen LogP contribution in [0.25, 0.3) is 11.0 Å². The summed E-state index contributed by atoms with van der Waals surface area (Å²) in [6.07, 6.45) is 1.98. The first-order valence-corrected chi connectivity index (χ1v) is 10.6. The number of para-hydroxylation sites is 2. The fourth-order valence-corrected chi connectivity index (χ4v) is 3.40. The van der Waals surface area contributed by atoms with E-state index in [-0.39, 0.29) is 18.0 Å². The van der Waals surface area contributed by atoms with Gasteiger partial charge in [-0.25, -0.2) is 4.98 Å². The first-order valence-electron chi connectivity index (χ1n) is 10.6. The first-order chi connectivity index (χ1) is 15.3. The van der Waals surface area contributed by atoms with Crippen molar-refractivity contribution in [3.63, 3.8) is 0 Å². The minimum atomic E-state index is -1.71. The molecule has 1 heterocycles. The van der Waals surface area contributed by atoms with Gasteiger partial charge in [0.15, 0.2) is 0 Å². The summed E-state index contributed by atoms with van der Waals surface area (Å²) < 4.78 is 0. The van der Waals surface area contributed by atoms with Gasteiger partial charge in [-0.15, -0.1) is 0 Å². The summed E-state index contributed by atoms with van der Waals surface area (Å²) in [5.74, 6) is -1.76. The van der Waals surface area contributed by atoms with Crippen molar-refractivity contribution < 1.29 is 19.6 Å². The lowest BCUT2D eigenvalue weighted by Gasteiger charge is -2.24. The summed E-state index contributed by atoms with van der Waals surface area (Å²) in [5.41, 5.74) is 2.18. The standard InChI is InChI=1S/C23H27BN4O4/c1-15(2)12-21(24(31)32)28-22(29)19(13-16-8-4-3-5-9-16)27-23(30)20-14-25-17-10-6-7-11-18(17)26-20/h3-11,14-15,19,21,31-32H,12-13H2,1-2H3,(H,27,30)(H,28,29). The van der Waals surface area contributed by atoms with Crippen LogP contribution in [0, 0.1) is 5.92 Å². The quantitative estimate of drug-likeness (QED) is 0.379. The van der Waals surface area contributed by atoms with E-state index in [0.29, 0.717) is 17.5 Å². The van der Waals surface area contributed by atoms with Gasteiger partial charge in [-0.1, -0.05) is 56.3 Å². The normalized spacial score (nSPS) is 12.9. The second-order valence-electron chi connectivity index (χ2n) is 8.12. The van der Waals surface area contributed by atoms with Crippen LogP contribution < -0.4 is 10.6 Å². The molecule has 2 aromatic carbocycles. The molecule has 0 fully saturated rings. The Morgan fingerprint density at radius 1 is 0.969 bits per heavy atom. The van der Waals surface area contributed by atoms with Gasteiger partial charge in [-0.05, 0) is 30.0 Å². The minimum absolute atomic E-state index is 0.0930. The Morgan fingerprint density at radius 3 is 2.28 bits per heavy atom. The molecule has 8 nitrogen and oxygen atoms in total. The zero-order valence-electron chi connectivity index (χ0n) is 18.1. The van der Waals surface area contributed by atoms with Crippen LogP contribution in [0.3, 0.4) is 0 Å². The Bertz CT molecular complexity index is 1060. The number of nitrogens with one attached hydrogen (secondary N) is 2. The summed E-state index contributed by atoms with van der Waals surface area (Å²) in [4.78, 5) is 34.5. The first kappa shape index (κ1) is 23.4. The van der Waals surface area contributed by atoms with E-state index in [2.05, 4.69) is 20.6 Å². The third kappa shape index (κ3) is 6.35. The van der Waals surface area contributed by atoms with Crippen molar-refractivity contribution in [1.82, 2.24) is 20.6 Å². The van der Waals surface area contributed by atoms with Crippen LogP contribution in [0.2, 0.25) is 0 Å². The van der Waals surface area contributed by atoms with Crippen LogP contribution in [0.15, 0.2) is 60.8 Å². The van der Waals surface area contributed by atoms with E-state index in [4.69, 9.17) is 0 Å². The van der Waals surface area contributed by atoms with Crippen LogP contribution in [0.5, 0.6) is 0 Å². The fraction of sp³-hybridized carbons (Fsp3) is 0.304. The van der Waals surface area contributed by atoms with Crippen LogP contribution >= 0.6 is 0 Å². The largest absolute Gasteiger partial charge is 0.475 e. The zero-order valence-corrected chi connectivity index (χ0v) is 18.1. The maximum absolute atomic E-state index is 13.0. The predicted octanol–water partition coefficient (Wildman–Crippen LogP) is 1.51. The van der Waals surface area contributed by atoms with E-state index in [9.17, 15) is 19.6 Å². The number of amides is 2. The van der Waals surface area contributed by atoms with E-state index in [1.807, 2.05) is 50.2 Å². The molecule has 32 heavy (non-hydrogen) atoms. The molecule has 3 rings (SSSR count). The molecule has 4 N–H and O–H groups in total. The van der Waals surface area contributed by atoms with Gasteiger partial charge in [-0.3, -0.25) is 14.6 Å². The SMILES string of the molecule is CC(C)CC(NC(=O)C(Cc1ccccc1)NC(=O)c1cnc2ccccc2n1)B(O)O. The van der Waals surface area contributed by atoms with Crippen molar-refractivity contribution >= 4 is 30.0 Å². The summed E-state index contributed by atoms with van der Waals surface area (Å²) in [7, 11) is -1.71. The zero-order chi connectivity index (χ0) is 23.1. The van der Waals surface area contributed by atoms with Gasteiger partial charge < -0.3 is 20.7 Å². The van der Waals surface area contributed by atoms with Gasteiger partial charge >= 0.3 is 7.12 Å². The highest BCUT2D eigenvalue weighted by Gasteiger charge is 2.30. The maximum Gasteiger partial charge on any atom is 0.475 e. The molecule has 2 unspecified atom stereocenters. The number of aromatic nitrogens is 2. The molecule has 0 spiro atoms. The Kier molecular flexibility index (Phi) is 7.91. The maximum atomic E-state index is 13.0. The molecule has 3 aromatic rings. The van der Waals surface area contributed by atoms with E-state index in [1.165, 1.54) is 6.20 Å². The van der Waals surface area contributed by atoms with Crippen molar-refractivity contribution in [3.05, 3.63) is 72.1 Å². The Hall–Kier alpha value is -3.30. The summed E-state index contributed by atoms with van der Waals surface area (Å²) in [5, 5.41) is 24.7. The number of rotatable bonds is 9. The Labute approximate surface area is 187 Å². The average molecular weight is 434 g/mol. The molecule has 1 aromatic heterocycles. The Morgan fingerprint density at radius 2 is 1.62 bits per heavy atom. The molecule has 0 aliphatic heterocycles. The highest BCUT2D eigenvalue weighted by atomic mass is 16.4. The number of carbonyl (C=O) groups excluding carboxylic acids is 2. The second-order valence-corrected chi connectivity index (χ2v) is 8.12. The lowest BCUT2D eigenvalue weighted by molar-refractivity contribution is -0.123. The van der Waals surface area contributed by atoms with Gasteiger partial charge in [0.2, 0.25) is 5.91 Å². The molecule has 0 saturated heterocycles. The van der Waals surface area contributed by atoms with Gasteiger partial charge in [0, 0.05) is 6.42 Å². The van der Waals surface area contributed by atoms with Gasteiger partial charge in [-0.2, -0.15) is 0 Å². The summed E-state index contributed by atoms with van der Waals surface area (Å²) in [6.45, 7) is 3.84. The fourth-order valence-electron chi connectivity index (χ4n) is 3.40. The molecule has 0 bridgehead atoms. The van der Waals surface area contributed by atoms with Crippen molar-refractivity contribution in [1.29, 1.82) is 0 Å². The minimum Gasteiger partial charge on any atom is -0.426 e. The average Bonchev–Trinajstić information content (AvgIpc) is 2.78. The van der Waals surface area contributed by atoms with Crippen molar-refractivity contribution in [2.24, 2.45) is 5.92 Å². The van der Waals surface area contributed by atoms with E-state index in [0.717, 1.165) is 5.56 Å². The molecule has 2 amide bonds. The number of hydrogen-bond acceptors (Lipinski definition) is 6. The summed E-state index contributed by atoms with van der Waals surface area (Å²) in [6, 6.07) is 15.5. The molecule has 9 heteroatoms. The molecule has 166 valence electrons. The van der Waals surface area contributed by atoms with Gasteiger partial charge in [0.1, 0.15) is 11.7 Å². The predicted molar refractivity (Wildman–Crippen MR) is 123 cm³/mol. The smallest absolute Gasteiger partial charge is 0.426 e. The highest BCUT2D eigenvalue weighted by molar-refractivity contribution is 6.43. The Balaban J connectivity index is 1.81. The lowest BCUT2D eigenvalue weighted by Crippen LogP contribution is -2.55. The highest BCUT2D eigenvalue weighted by Crippen LogP contribution is 2.11. The molecule has 0 saturated carbocycles. The summed E-state index contributed by atoms with van der Waals surface area (Å²) >= 11 is 0. The number of carbonyl (C=O) groups is 2. The molecular formula is C23H27BN4O4. The van der Waals surface area contributed by atoms with Gasteiger partial charge in [0.25, 0.3) is 5.91 Å². The number of fused-ring (bicyclic) bond motifs is 1. The van der Waals surface area contributed by atoms with Crippen LogP contribution in [-0.4, -0.2) is 50.9 Å². The number of hydrogen-bond donors (Lipinski definition) is 4. The molecule has 0 aliphatic carbocycles. The lowest BCUT2D eigenvalue weighted by atomic mass is 9.75. The van der Waals surface area contributed by atoms with E-state index >= 15 is 0 Å². The van der Waals surface area contributed by atoms with Crippen molar-refractivity contribution in [3.8, 4) is 0 Å². The van der Waals surface area contributed by atoms with E-state index < -0.39 is 30.9 Å². The van der Waals surface area contributed by atoms with Crippen molar-refractivity contribution in [2.45, 2.75) is 38.7 Å². The van der Waals surface area contributed by atoms with Crippen LogP contribution in [0.4, 0.5) is 0 Å². The molecule has 0 aliphatic rings. The third-order valence-electron chi connectivity index (χ3n) is 5.00. The number of nitrogens with zero attached hydrogens (tertiary/aromatic N) is 2. The van der Waals surface area contributed by atoms with Crippen LogP contribution in [0.1, 0.15) is 36.3 Å². The second kappa shape index (κ2) is 10.8. The molecular weight excluding hydrogens is 407 g/mol. The topological polar surface area (TPSA) is 124 Å². The van der Waals surface area contributed by atoms with Crippen LogP contribution in [-0.2, 0) is 11.2 Å². The van der Waals surface area contributed by atoms with Crippen molar-refractivity contribution in [2.75, 3.05) is 0 Å². The monoisotopic (exact) mass is 434 g/mol. The molecule has 2 atom stereocenters.